The quantitative estimate of drug-likeness (QED) is 0.774. The minimum Gasteiger partial charge on any atom is -0.466 e. The molecular weight excluding hydrogens is 262 g/mol. The van der Waals surface area contributed by atoms with Crippen LogP contribution in [0.1, 0.15) is 50.5 Å². The van der Waals surface area contributed by atoms with Gasteiger partial charge in [-0.05, 0) is 50.2 Å². The number of rotatable bonds is 4. The molecule has 0 saturated heterocycles. The van der Waals surface area contributed by atoms with Crippen LogP contribution < -0.4 is 0 Å². The molecule has 0 bridgehead atoms. The van der Waals surface area contributed by atoms with E-state index >= 15 is 0 Å². The Morgan fingerprint density at radius 1 is 1.30 bits per heavy atom. The Kier molecular flexibility index (Phi) is 5.10. The lowest BCUT2D eigenvalue weighted by atomic mass is 9.76. The largest absolute Gasteiger partial charge is 0.466 e. The molecule has 1 aromatic rings. The molecule has 1 aromatic carbocycles. The normalized spacial score (nSPS) is 22.6. The highest BCUT2D eigenvalue weighted by Gasteiger charge is 2.28. The molecule has 0 amide bonds. The van der Waals surface area contributed by atoms with E-state index in [1.165, 1.54) is 18.2 Å². The van der Waals surface area contributed by atoms with E-state index in [2.05, 4.69) is 0 Å². The molecule has 2 nitrogen and oxygen atoms in total. The number of carbonyl (C=O) groups is 1. The van der Waals surface area contributed by atoms with Gasteiger partial charge >= 0.3 is 5.97 Å². The summed E-state index contributed by atoms with van der Waals surface area (Å²) >= 11 is 0. The van der Waals surface area contributed by atoms with Crippen molar-refractivity contribution >= 4 is 5.97 Å². The molecule has 0 heterocycles. The average Bonchev–Trinajstić information content (AvgIpc) is 2.39. The van der Waals surface area contributed by atoms with Crippen LogP contribution in [0.5, 0.6) is 0 Å². The van der Waals surface area contributed by atoms with E-state index in [1.807, 2.05) is 0 Å². The van der Waals surface area contributed by atoms with E-state index in [0.717, 1.165) is 19.3 Å². The van der Waals surface area contributed by atoms with Gasteiger partial charge in [0.1, 0.15) is 11.6 Å². The Balaban J connectivity index is 2.05. The fourth-order valence-electron chi connectivity index (χ4n) is 3.09. The first-order chi connectivity index (χ1) is 9.61. The molecule has 0 N–H and O–H groups in total. The maximum atomic E-state index is 13.8. The molecule has 1 fully saturated rings. The van der Waals surface area contributed by atoms with Gasteiger partial charge in [-0.25, -0.2) is 8.78 Å². The standard InChI is InChI=1S/C16H20F2O2/c1-2-20-15(19)10-11-5-3-6-12(9-11)16-13(17)7-4-8-14(16)18/h4,7-8,11-12H,2-3,5-6,9-10H2,1H3. The highest BCUT2D eigenvalue weighted by Crippen LogP contribution is 2.39. The molecule has 1 aliphatic rings. The number of hydrogen-bond acceptors (Lipinski definition) is 2. The fraction of sp³-hybridized carbons (Fsp3) is 0.562. The number of ether oxygens (including phenoxy) is 1. The summed E-state index contributed by atoms with van der Waals surface area (Å²) < 4.78 is 32.6. The van der Waals surface area contributed by atoms with Crippen LogP contribution in [0.15, 0.2) is 18.2 Å². The summed E-state index contributed by atoms with van der Waals surface area (Å²) in [6, 6.07) is 3.98. The first kappa shape index (κ1) is 14.9. The van der Waals surface area contributed by atoms with E-state index < -0.39 is 11.6 Å². The second-order valence-corrected chi connectivity index (χ2v) is 5.37. The molecule has 1 aliphatic carbocycles. The lowest BCUT2D eigenvalue weighted by Crippen LogP contribution is -2.20. The molecule has 2 rings (SSSR count). The fourth-order valence-corrected chi connectivity index (χ4v) is 3.09. The van der Waals surface area contributed by atoms with Crippen molar-refractivity contribution in [2.75, 3.05) is 6.61 Å². The third-order valence-corrected chi connectivity index (χ3v) is 3.95. The molecular formula is C16H20F2O2. The Morgan fingerprint density at radius 3 is 2.65 bits per heavy atom. The van der Waals surface area contributed by atoms with Gasteiger partial charge in [0.2, 0.25) is 0 Å². The predicted molar refractivity (Wildman–Crippen MR) is 72.3 cm³/mol. The van der Waals surface area contributed by atoms with Gasteiger partial charge < -0.3 is 4.74 Å². The van der Waals surface area contributed by atoms with Crippen LogP contribution in [-0.4, -0.2) is 12.6 Å². The molecule has 20 heavy (non-hydrogen) atoms. The van der Waals surface area contributed by atoms with E-state index in [4.69, 9.17) is 4.74 Å². The van der Waals surface area contributed by atoms with Gasteiger partial charge in [-0.15, -0.1) is 0 Å². The first-order valence-corrected chi connectivity index (χ1v) is 7.21. The van der Waals surface area contributed by atoms with Crippen LogP contribution >= 0.6 is 0 Å². The van der Waals surface area contributed by atoms with Crippen LogP contribution in [0.25, 0.3) is 0 Å². The summed E-state index contributed by atoms with van der Waals surface area (Å²) in [5.74, 6) is -1.15. The molecule has 2 unspecified atom stereocenters. The van der Waals surface area contributed by atoms with Crippen molar-refractivity contribution in [1.29, 1.82) is 0 Å². The van der Waals surface area contributed by atoms with Crippen molar-refractivity contribution in [3.63, 3.8) is 0 Å². The number of halogens is 2. The summed E-state index contributed by atoms with van der Waals surface area (Å²) in [5.41, 5.74) is 0.182. The molecule has 0 radical (unpaired) electrons. The molecule has 0 aromatic heterocycles. The summed E-state index contributed by atoms with van der Waals surface area (Å²) in [7, 11) is 0. The zero-order chi connectivity index (χ0) is 14.5. The summed E-state index contributed by atoms with van der Waals surface area (Å²) in [4.78, 5) is 11.5. The third kappa shape index (κ3) is 3.56. The lowest BCUT2D eigenvalue weighted by Gasteiger charge is -2.29. The summed E-state index contributed by atoms with van der Waals surface area (Å²) in [6.07, 6.45) is 3.59. The van der Waals surface area contributed by atoms with Crippen LogP contribution in [0.4, 0.5) is 8.78 Å². The average molecular weight is 282 g/mol. The molecule has 0 aliphatic heterocycles. The van der Waals surface area contributed by atoms with Crippen molar-refractivity contribution in [1.82, 2.24) is 0 Å². The zero-order valence-electron chi connectivity index (χ0n) is 11.7. The number of hydrogen-bond donors (Lipinski definition) is 0. The number of esters is 1. The Hall–Kier alpha value is -1.45. The van der Waals surface area contributed by atoms with Gasteiger partial charge in [0.15, 0.2) is 0 Å². The predicted octanol–water partition coefficient (Wildman–Crippen LogP) is 4.19. The summed E-state index contributed by atoms with van der Waals surface area (Å²) in [5, 5.41) is 0. The van der Waals surface area contributed by atoms with E-state index in [0.29, 0.717) is 19.4 Å². The van der Waals surface area contributed by atoms with Crippen LogP contribution in [-0.2, 0) is 9.53 Å². The Labute approximate surface area is 118 Å². The molecule has 2 atom stereocenters. The van der Waals surface area contributed by atoms with Crippen molar-refractivity contribution in [3.8, 4) is 0 Å². The maximum Gasteiger partial charge on any atom is 0.306 e. The smallest absolute Gasteiger partial charge is 0.306 e. The molecule has 110 valence electrons. The highest BCUT2D eigenvalue weighted by molar-refractivity contribution is 5.69. The molecule has 1 saturated carbocycles. The van der Waals surface area contributed by atoms with Crippen molar-refractivity contribution in [2.24, 2.45) is 5.92 Å². The maximum absolute atomic E-state index is 13.8. The van der Waals surface area contributed by atoms with E-state index in [1.54, 1.807) is 6.92 Å². The van der Waals surface area contributed by atoms with Crippen molar-refractivity contribution in [3.05, 3.63) is 35.4 Å². The second-order valence-electron chi connectivity index (χ2n) is 5.37. The second kappa shape index (κ2) is 6.82. The SMILES string of the molecule is CCOC(=O)CC1CCCC(c2c(F)cccc2F)C1. The van der Waals surface area contributed by atoms with Gasteiger partial charge in [-0.1, -0.05) is 12.5 Å². The van der Waals surface area contributed by atoms with E-state index in [-0.39, 0.29) is 23.4 Å². The number of benzene rings is 1. The zero-order valence-corrected chi connectivity index (χ0v) is 11.7. The summed E-state index contributed by atoms with van der Waals surface area (Å²) in [6.45, 7) is 2.15. The Bertz CT molecular complexity index is 453. The van der Waals surface area contributed by atoms with Crippen LogP contribution in [0.3, 0.4) is 0 Å². The van der Waals surface area contributed by atoms with Gasteiger partial charge in [0.25, 0.3) is 0 Å². The lowest BCUT2D eigenvalue weighted by molar-refractivity contribution is -0.144. The minimum absolute atomic E-state index is 0.135. The molecule has 0 spiro atoms. The first-order valence-electron chi connectivity index (χ1n) is 7.21. The van der Waals surface area contributed by atoms with Crippen LogP contribution in [0.2, 0.25) is 0 Å². The number of carbonyl (C=O) groups excluding carboxylic acids is 1. The molecule has 4 heteroatoms. The van der Waals surface area contributed by atoms with Gasteiger partial charge in [-0.3, -0.25) is 4.79 Å². The monoisotopic (exact) mass is 282 g/mol. The van der Waals surface area contributed by atoms with Gasteiger partial charge in [0.05, 0.1) is 6.61 Å². The van der Waals surface area contributed by atoms with Crippen molar-refractivity contribution in [2.45, 2.75) is 44.9 Å². The Morgan fingerprint density at radius 2 is 2.00 bits per heavy atom. The van der Waals surface area contributed by atoms with Gasteiger partial charge in [-0.2, -0.15) is 0 Å². The van der Waals surface area contributed by atoms with Gasteiger partial charge in [0, 0.05) is 12.0 Å². The highest BCUT2D eigenvalue weighted by atomic mass is 19.1. The minimum atomic E-state index is -0.480. The van der Waals surface area contributed by atoms with Crippen LogP contribution in [0, 0.1) is 17.6 Å². The van der Waals surface area contributed by atoms with Crippen molar-refractivity contribution < 1.29 is 18.3 Å². The third-order valence-electron chi connectivity index (χ3n) is 3.95. The topological polar surface area (TPSA) is 26.3 Å². The van der Waals surface area contributed by atoms with E-state index in [9.17, 15) is 13.6 Å².